The van der Waals surface area contributed by atoms with E-state index in [1.165, 1.54) is 73.0 Å². The molecule has 0 amide bonds. The second-order valence-corrected chi connectivity index (χ2v) is 10.6. The van der Waals surface area contributed by atoms with Crippen molar-refractivity contribution in [2.45, 2.75) is 104 Å². The smallest absolute Gasteiger partial charge is 0.0422 e. The van der Waals surface area contributed by atoms with Crippen molar-refractivity contribution in [3.8, 4) is 0 Å². The van der Waals surface area contributed by atoms with E-state index in [2.05, 4.69) is 96.2 Å². The molecule has 2 aromatic rings. The lowest BCUT2D eigenvalue weighted by atomic mass is 9.80. The summed E-state index contributed by atoms with van der Waals surface area (Å²) in [5.41, 5.74) is 6.87. The van der Waals surface area contributed by atoms with E-state index in [-0.39, 0.29) is 10.8 Å². The summed E-state index contributed by atoms with van der Waals surface area (Å²) >= 11 is 0. The highest BCUT2D eigenvalue weighted by molar-refractivity contribution is 5.65. The number of hydrogen-bond donors (Lipinski definition) is 1. The first-order valence-electron chi connectivity index (χ1n) is 11.6. The minimum atomic E-state index is 0.0985. The van der Waals surface area contributed by atoms with Gasteiger partial charge in [0, 0.05) is 11.4 Å². The molecule has 0 aromatic heterocycles. The number of nitrogens with one attached hydrogen (secondary N) is 1. The Hall–Kier alpha value is -1.76. The van der Waals surface area contributed by atoms with Gasteiger partial charge in [-0.3, -0.25) is 0 Å². The topological polar surface area (TPSA) is 12.0 Å². The summed E-state index contributed by atoms with van der Waals surface area (Å²) in [6, 6.07) is 15.9. The molecule has 2 aromatic carbocycles. The normalized spacial score (nSPS) is 12.2. The van der Waals surface area contributed by atoms with E-state index >= 15 is 0 Å². The lowest BCUT2D eigenvalue weighted by Crippen LogP contribution is -2.17. The maximum atomic E-state index is 3.68. The van der Waals surface area contributed by atoms with Crippen molar-refractivity contribution in [3.63, 3.8) is 0 Å². The standard InChI is InChI=1S/C28H43N/c1-8-9-10-11-12-13-14-22-15-18-24(19-16-22)29-26-20-17-23(27(2,3)4)21-25(26)28(5,6)7/h15-21,29H,8-14H2,1-7H3. The van der Waals surface area contributed by atoms with Gasteiger partial charge >= 0.3 is 0 Å². The van der Waals surface area contributed by atoms with Gasteiger partial charge < -0.3 is 5.32 Å². The average Bonchev–Trinajstić information content (AvgIpc) is 2.64. The summed E-state index contributed by atoms with van der Waals surface area (Å²) in [6.45, 7) is 16.0. The molecule has 0 atom stereocenters. The molecule has 0 aliphatic carbocycles. The van der Waals surface area contributed by atoms with Crippen LogP contribution in [-0.2, 0) is 17.3 Å². The molecule has 1 heteroatoms. The first-order chi connectivity index (χ1) is 13.6. The average molecular weight is 394 g/mol. The third-order valence-corrected chi connectivity index (χ3v) is 5.75. The minimum Gasteiger partial charge on any atom is -0.355 e. The Balaban J connectivity index is 2.04. The van der Waals surface area contributed by atoms with E-state index in [0.29, 0.717) is 0 Å². The van der Waals surface area contributed by atoms with Crippen molar-refractivity contribution in [2.75, 3.05) is 5.32 Å². The van der Waals surface area contributed by atoms with Crippen LogP contribution in [0.5, 0.6) is 0 Å². The van der Waals surface area contributed by atoms with Crippen molar-refractivity contribution in [1.29, 1.82) is 0 Å². The van der Waals surface area contributed by atoms with Gasteiger partial charge in [0.15, 0.2) is 0 Å². The van der Waals surface area contributed by atoms with Gasteiger partial charge in [0.1, 0.15) is 0 Å². The van der Waals surface area contributed by atoms with Gasteiger partial charge in [-0.25, -0.2) is 0 Å². The van der Waals surface area contributed by atoms with E-state index in [0.717, 1.165) is 0 Å². The summed E-state index contributed by atoms with van der Waals surface area (Å²) in [5, 5.41) is 3.68. The Morgan fingerprint density at radius 1 is 0.690 bits per heavy atom. The zero-order valence-corrected chi connectivity index (χ0v) is 20.0. The van der Waals surface area contributed by atoms with Crippen LogP contribution in [0.15, 0.2) is 42.5 Å². The number of anilines is 2. The van der Waals surface area contributed by atoms with Crippen LogP contribution in [0.4, 0.5) is 11.4 Å². The highest BCUT2D eigenvalue weighted by Gasteiger charge is 2.22. The van der Waals surface area contributed by atoms with Crippen LogP contribution >= 0.6 is 0 Å². The molecule has 0 bridgehead atoms. The second-order valence-electron chi connectivity index (χ2n) is 10.6. The van der Waals surface area contributed by atoms with Crippen molar-refractivity contribution < 1.29 is 0 Å². The van der Waals surface area contributed by atoms with Crippen LogP contribution in [0.3, 0.4) is 0 Å². The minimum absolute atomic E-state index is 0.0985. The van der Waals surface area contributed by atoms with Gasteiger partial charge in [0.05, 0.1) is 0 Å². The molecule has 0 aliphatic heterocycles. The van der Waals surface area contributed by atoms with E-state index < -0.39 is 0 Å². The highest BCUT2D eigenvalue weighted by Crippen LogP contribution is 2.35. The molecule has 0 fully saturated rings. The molecule has 29 heavy (non-hydrogen) atoms. The Morgan fingerprint density at radius 2 is 1.31 bits per heavy atom. The summed E-state index contributed by atoms with van der Waals surface area (Å²) in [7, 11) is 0. The summed E-state index contributed by atoms with van der Waals surface area (Å²) in [5.74, 6) is 0. The molecule has 1 nitrogen and oxygen atoms in total. The largest absolute Gasteiger partial charge is 0.355 e. The van der Waals surface area contributed by atoms with Gasteiger partial charge in [0.25, 0.3) is 0 Å². The Labute approximate surface area is 180 Å². The number of hydrogen-bond acceptors (Lipinski definition) is 1. The number of benzene rings is 2. The SMILES string of the molecule is CCCCCCCCc1ccc(Nc2ccc(C(C)(C)C)cc2C(C)(C)C)cc1. The van der Waals surface area contributed by atoms with Crippen molar-refractivity contribution in [3.05, 3.63) is 59.2 Å². The molecule has 160 valence electrons. The van der Waals surface area contributed by atoms with Crippen LogP contribution in [0.2, 0.25) is 0 Å². The molecule has 0 radical (unpaired) electrons. The fraction of sp³-hybridized carbons (Fsp3) is 0.571. The Bertz CT molecular complexity index is 741. The molecular weight excluding hydrogens is 350 g/mol. The van der Waals surface area contributed by atoms with Crippen LogP contribution in [0.25, 0.3) is 0 Å². The second kappa shape index (κ2) is 10.3. The highest BCUT2D eigenvalue weighted by atomic mass is 14.9. The third kappa shape index (κ3) is 7.53. The van der Waals surface area contributed by atoms with E-state index in [1.807, 2.05) is 0 Å². The number of unbranched alkanes of at least 4 members (excludes halogenated alkanes) is 5. The molecular formula is C28H43N. The van der Waals surface area contributed by atoms with Crippen molar-refractivity contribution in [1.82, 2.24) is 0 Å². The Kier molecular flexibility index (Phi) is 8.37. The molecule has 0 aliphatic rings. The lowest BCUT2D eigenvalue weighted by Gasteiger charge is -2.28. The van der Waals surface area contributed by atoms with Gasteiger partial charge in [-0.15, -0.1) is 0 Å². The fourth-order valence-corrected chi connectivity index (χ4v) is 3.76. The summed E-state index contributed by atoms with van der Waals surface area (Å²) in [6.07, 6.45) is 9.34. The predicted molar refractivity (Wildman–Crippen MR) is 131 cm³/mol. The van der Waals surface area contributed by atoms with Gasteiger partial charge in [-0.1, -0.05) is 105 Å². The molecule has 1 N–H and O–H groups in total. The van der Waals surface area contributed by atoms with Crippen LogP contribution < -0.4 is 5.32 Å². The lowest BCUT2D eigenvalue weighted by molar-refractivity contribution is 0.570. The maximum absolute atomic E-state index is 3.68. The number of aryl methyl sites for hydroxylation is 1. The third-order valence-electron chi connectivity index (χ3n) is 5.75. The monoisotopic (exact) mass is 393 g/mol. The molecule has 0 saturated carbocycles. The quantitative estimate of drug-likeness (QED) is 0.419. The van der Waals surface area contributed by atoms with E-state index in [1.54, 1.807) is 0 Å². The first-order valence-corrected chi connectivity index (χ1v) is 11.6. The molecule has 0 unspecified atom stereocenters. The molecule has 0 spiro atoms. The van der Waals surface area contributed by atoms with E-state index in [4.69, 9.17) is 0 Å². The molecule has 0 saturated heterocycles. The molecule has 0 heterocycles. The zero-order chi connectivity index (χ0) is 21.5. The number of rotatable bonds is 9. The predicted octanol–water partition coefficient (Wildman–Crippen LogP) is 8.93. The van der Waals surface area contributed by atoms with Gasteiger partial charge in [-0.2, -0.15) is 0 Å². The van der Waals surface area contributed by atoms with Crippen LogP contribution in [0, 0.1) is 0 Å². The first kappa shape index (κ1) is 23.5. The fourth-order valence-electron chi connectivity index (χ4n) is 3.76. The Morgan fingerprint density at radius 3 is 1.90 bits per heavy atom. The van der Waals surface area contributed by atoms with Crippen molar-refractivity contribution in [2.24, 2.45) is 0 Å². The molecule has 2 rings (SSSR count). The summed E-state index contributed by atoms with van der Waals surface area (Å²) < 4.78 is 0. The van der Waals surface area contributed by atoms with E-state index in [9.17, 15) is 0 Å². The van der Waals surface area contributed by atoms with Crippen molar-refractivity contribution >= 4 is 11.4 Å². The summed E-state index contributed by atoms with van der Waals surface area (Å²) in [4.78, 5) is 0. The van der Waals surface area contributed by atoms with Crippen LogP contribution in [-0.4, -0.2) is 0 Å². The maximum Gasteiger partial charge on any atom is 0.0422 e. The van der Waals surface area contributed by atoms with Gasteiger partial charge in [0.2, 0.25) is 0 Å². The van der Waals surface area contributed by atoms with Gasteiger partial charge in [-0.05, 0) is 58.6 Å². The zero-order valence-electron chi connectivity index (χ0n) is 20.0. The van der Waals surface area contributed by atoms with Crippen LogP contribution in [0.1, 0.15) is 104 Å².